The van der Waals surface area contributed by atoms with E-state index in [1.165, 1.54) is 12.8 Å². The Morgan fingerprint density at radius 3 is 3.00 bits per heavy atom. The molecule has 2 aliphatic rings. The molecule has 0 bridgehead atoms. The summed E-state index contributed by atoms with van der Waals surface area (Å²) in [5.74, 6) is 6.72. The van der Waals surface area contributed by atoms with Crippen molar-refractivity contribution in [2.75, 3.05) is 13.2 Å². The highest BCUT2D eigenvalue weighted by atomic mass is 16.5. The van der Waals surface area contributed by atoms with Crippen LogP contribution in [0, 0.1) is 23.2 Å². The number of hydrogen-bond donors (Lipinski definition) is 1. The fraction of sp³-hybridized carbons (Fsp3) is 0.846. The van der Waals surface area contributed by atoms with Crippen molar-refractivity contribution in [2.24, 2.45) is 11.3 Å². The molecule has 1 saturated carbocycles. The third-order valence-electron chi connectivity index (χ3n) is 3.92. The predicted octanol–water partition coefficient (Wildman–Crippen LogP) is 1.80. The van der Waals surface area contributed by atoms with Crippen molar-refractivity contribution >= 4 is 0 Å². The molecular formula is C13H21NO. The molecule has 3 unspecified atom stereocenters. The van der Waals surface area contributed by atoms with Crippen LogP contribution in [-0.4, -0.2) is 25.3 Å². The van der Waals surface area contributed by atoms with Gasteiger partial charge in [0.05, 0.1) is 12.6 Å². The van der Waals surface area contributed by atoms with Gasteiger partial charge < -0.3 is 10.1 Å². The molecule has 0 amide bonds. The molecule has 0 spiro atoms. The van der Waals surface area contributed by atoms with Crippen LogP contribution < -0.4 is 5.32 Å². The Bertz CT molecular complexity index is 287. The summed E-state index contributed by atoms with van der Waals surface area (Å²) in [4.78, 5) is 0. The van der Waals surface area contributed by atoms with Crippen LogP contribution >= 0.6 is 0 Å². The van der Waals surface area contributed by atoms with E-state index in [-0.39, 0.29) is 5.41 Å². The molecule has 1 N–H and O–H groups in total. The number of ether oxygens (including phenoxy) is 1. The summed E-state index contributed by atoms with van der Waals surface area (Å²) >= 11 is 0. The van der Waals surface area contributed by atoms with Crippen molar-refractivity contribution in [2.45, 2.75) is 45.8 Å². The molecule has 15 heavy (non-hydrogen) atoms. The molecule has 1 aliphatic carbocycles. The average Bonchev–Trinajstić information content (AvgIpc) is 2.24. The van der Waals surface area contributed by atoms with E-state index in [9.17, 15) is 0 Å². The van der Waals surface area contributed by atoms with E-state index in [0.717, 1.165) is 13.2 Å². The van der Waals surface area contributed by atoms with Gasteiger partial charge in [-0.25, -0.2) is 0 Å². The van der Waals surface area contributed by atoms with Crippen LogP contribution in [-0.2, 0) is 4.74 Å². The van der Waals surface area contributed by atoms with E-state index < -0.39 is 0 Å². The van der Waals surface area contributed by atoms with Crippen LogP contribution in [0.25, 0.3) is 0 Å². The highest BCUT2D eigenvalue weighted by Gasteiger charge is 2.57. The van der Waals surface area contributed by atoms with Gasteiger partial charge in [0, 0.05) is 24.0 Å². The van der Waals surface area contributed by atoms with Crippen molar-refractivity contribution in [3.05, 3.63) is 0 Å². The van der Waals surface area contributed by atoms with Crippen molar-refractivity contribution < 1.29 is 4.74 Å². The Labute approximate surface area is 92.8 Å². The first kappa shape index (κ1) is 11.0. The van der Waals surface area contributed by atoms with Gasteiger partial charge in [-0.15, -0.1) is 5.92 Å². The summed E-state index contributed by atoms with van der Waals surface area (Å²) in [6, 6.07) is 0.587. The van der Waals surface area contributed by atoms with Crippen LogP contribution in [0.3, 0.4) is 0 Å². The van der Waals surface area contributed by atoms with Gasteiger partial charge in [0.1, 0.15) is 0 Å². The Kier molecular flexibility index (Phi) is 3.04. The molecule has 84 valence electrons. The molecule has 1 aliphatic heterocycles. The van der Waals surface area contributed by atoms with Gasteiger partial charge in [0.2, 0.25) is 0 Å². The van der Waals surface area contributed by atoms with Gasteiger partial charge in [-0.1, -0.05) is 19.8 Å². The maximum Gasteiger partial charge on any atom is 0.0684 e. The zero-order valence-electron chi connectivity index (χ0n) is 9.97. The lowest BCUT2D eigenvalue weighted by Gasteiger charge is -2.60. The van der Waals surface area contributed by atoms with E-state index in [1.807, 2.05) is 6.92 Å². The summed E-state index contributed by atoms with van der Waals surface area (Å²) < 4.78 is 5.85. The largest absolute Gasteiger partial charge is 0.377 e. The van der Waals surface area contributed by atoms with Crippen molar-refractivity contribution in [1.29, 1.82) is 0 Å². The average molecular weight is 207 g/mol. The molecular weight excluding hydrogens is 186 g/mol. The summed E-state index contributed by atoms with van der Waals surface area (Å²) in [6.07, 6.45) is 3.00. The Hall–Kier alpha value is -0.520. The zero-order valence-corrected chi connectivity index (χ0v) is 9.97. The Morgan fingerprint density at radius 1 is 1.47 bits per heavy atom. The molecule has 0 radical (unpaired) electrons. The minimum Gasteiger partial charge on any atom is -0.377 e. The van der Waals surface area contributed by atoms with E-state index >= 15 is 0 Å². The van der Waals surface area contributed by atoms with Crippen LogP contribution in [0.4, 0.5) is 0 Å². The lowest BCUT2D eigenvalue weighted by Crippen LogP contribution is -2.69. The minimum absolute atomic E-state index is 0.278. The van der Waals surface area contributed by atoms with Crippen LogP contribution in [0.15, 0.2) is 0 Å². The molecule has 3 atom stereocenters. The van der Waals surface area contributed by atoms with Crippen molar-refractivity contribution in [3.8, 4) is 11.8 Å². The SMILES string of the molecule is CC#CCNC1C2CCCOC2C1(C)C. The maximum atomic E-state index is 5.85. The second-order valence-corrected chi connectivity index (χ2v) is 5.20. The molecule has 2 heteroatoms. The van der Waals surface area contributed by atoms with E-state index in [4.69, 9.17) is 4.74 Å². The van der Waals surface area contributed by atoms with Gasteiger partial charge >= 0.3 is 0 Å². The molecule has 1 saturated heterocycles. The minimum atomic E-state index is 0.278. The number of rotatable bonds is 2. The molecule has 2 nitrogen and oxygen atoms in total. The third-order valence-corrected chi connectivity index (χ3v) is 3.92. The number of hydrogen-bond acceptors (Lipinski definition) is 2. The molecule has 2 rings (SSSR count). The van der Waals surface area contributed by atoms with Gasteiger partial charge in [-0.05, 0) is 19.8 Å². The molecule has 0 aromatic carbocycles. The highest BCUT2D eigenvalue weighted by Crippen LogP contribution is 2.51. The zero-order chi connectivity index (χ0) is 10.9. The van der Waals surface area contributed by atoms with Crippen LogP contribution in [0.1, 0.15) is 33.6 Å². The molecule has 0 aromatic rings. The highest BCUT2D eigenvalue weighted by molar-refractivity contribution is 5.11. The smallest absolute Gasteiger partial charge is 0.0684 e. The predicted molar refractivity (Wildman–Crippen MR) is 61.5 cm³/mol. The summed E-state index contributed by atoms with van der Waals surface area (Å²) in [5.41, 5.74) is 0.278. The topological polar surface area (TPSA) is 21.3 Å². The first-order valence-electron chi connectivity index (χ1n) is 5.92. The number of nitrogens with one attached hydrogen (secondary N) is 1. The second-order valence-electron chi connectivity index (χ2n) is 5.20. The van der Waals surface area contributed by atoms with Crippen LogP contribution in [0.5, 0.6) is 0 Å². The fourth-order valence-corrected chi connectivity index (χ4v) is 3.19. The quantitative estimate of drug-likeness (QED) is 0.697. The summed E-state index contributed by atoms with van der Waals surface area (Å²) in [6.45, 7) is 8.26. The van der Waals surface area contributed by atoms with Gasteiger partial charge in [0.15, 0.2) is 0 Å². The van der Waals surface area contributed by atoms with Crippen molar-refractivity contribution in [1.82, 2.24) is 5.32 Å². The van der Waals surface area contributed by atoms with Gasteiger partial charge in [-0.3, -0.25) is 0 Å². The lowest BCUT2D eigenvalue weighted by molar-refractivity contribution is -0.191. The van der Waals surface area contributed by atoms with Gasteiger partial charge in [0.25, 0.3) is 0 Å². The standard InChI is InChI=1S/C13H21NO/c1-4-5-8-14-11-10-7-6-9-15-12(10)13(11,2)3/h10-12,14H,6-9H2,1-3H3. The van der Waals surface area contributed by atoms with Gasteiger partial charge in [-0.2, -0.15) is 0 Å². The van der Waals surface area contributed by atoms with E-state index in [1.54, 1.807) is 0 Å². The maximum absolute atomic E-state index is 5.85. The molecule has 2 fully saturated rings. The Balaban J connectivity index is 1.95. The van der Waals surface area contributed by atoms with Crippen LogP contribution in [0.2, 0.25) is 0 Å². The monoisotopic (exact) mass is 207 g/mol. The third kappa shape index (κ3) is 1.79. The Morgan fingerprint density at radius 2 is 2.27 bits per heavy atom. The first-order chi connectivity index (χ1) is 7.18. The lowest BCUT2D eigenvalue weighted by atomic mass is 9.55. The van der Waals surface area contributed by atoms with E-state index in [2.05, 4.69) is 31.0 Å². The second kappa shape index (κ2) is 4.15. The normalized spacial score (nSPS) is 37.1. The fourth-order valence-electron chi connectivity index (χ4n) is 3.19. The molecule has 1 heterocycles. The molecule has 0 aromatic heterocycles. The van der Waals surface area contributed by atoms with E-state index in [0.29, 0.717) is 18.1 Å². The van der Waals surface area contributed by atoms with Crippen molar-refractivity contribution in [3.63, 3.8) is 0 Å². The summed E-state index contributed by atoms with van der Waals surface area (Å²) in [5, 5.41) is 3.56. The summed E-state index contributed by atoms with van der Waals surface area (Å²) in [7, 11) is 0. The first-order valence-corrected chi connectivity index (χ1v) is 5.92. The number of fused-ring (bicyclic) bond motifs is 1.